The highest BCUT2D eigenvalue weighted by Crippen LogP contribution is 2.13. The second-order valence-electron chi connectivity index (χ2n) is 4.57. The summed E-state index contributed by atoms with van der Waals surface area (Å²) in [5.74, 6) is -3.70. The number of rotatable bonds is 12. The molecule has 2 N–H and O–H groups in total. The zero-order chi connectivity index (χ0) is 13.8. The lowest BCUT2D eigenvalue weighted by Gasteiger charge is -2.06. The fraction of sp³-hybridized carbons (Fsp3) is 0.714. The molecule has 0 aromatic heterocycles. The summed E-state index contributed by atoms with van der Waals surface area (Å²) in [4.78, 5) is 21.2. The fourth-order valence-corrected chi connectivity index (χ4v) is 1.87. The van der Waals surface area contributed by atoms with Crippen molar-refractivity contribution >= 4 is 11.9 Å². The predicted octanol–water partition coefficient (Wildman–Crippen LogP) is 3.47. The zero-order valence-corrected chi connectivity index (χ0v) is 10.9. The Bertz CT molecular complexity index is 247. The predicted molar refractivity (Wildman–Crippen MR) is 70.5 cm³/mol. The Morgan fingerprint density at radius 2 is 1.33 bits per heavy atom. The average molecular weight is 256 g/mol. The van der Waals surface area contributed by atoms with Gasteiger partial charge in [-0.1, -0.05) is 44.6 Å². The largest absolute Gasteiger partial charge is 0.481 e. The molecule has 18 heavy (non-hydrogen) atoms. The quantitative estimate of drug-likeness (QED) is 0.318. The van der Waals surface area contributed by atoms with Crippen molar-refractivity contribution in [1.82, 2.24) is 0 Å². The van der Waals surface area contributed by atoms with E-state index < -0.39 is 17.9 Å². The van der Waals surface area contributed by atoms with Crippen molar-refractivity contribution in [3.05, 3.63) is 12.7 Å². The third kappa shape index (κ3) is 8.79. The van der Waals surface area contributed by atoms with Crippen LogP contribution in [0.1, 0.15) is 57.8 Å². The molecule has 104 valence electrons. The van der Waals surface area contributed by atoms with Crippen molar-refractivity contribution < 1.29 is 19.8 Å². The van der Waals surface area contributed by atoms with Crippen molar-refractivity contribution in [2.45, 2.75) is 57.8 Å². The molecule has 0 aromatic rings. The number of carbonyl (C=O) groups is 2. The number of unbranched alkanes of at least 4 members (excludes halogenated alkanes) is 7. The van der Waals surface area contributed by atoms with Crippen LogP contribution in [-0.2, 0) is 9.59 Å². The minimum atomic E-state index is -1.24. The molecule has 0 fully saturated rings. The highest BCUT2D eigenvalue weighted by atomic mass is 16.4. The molecule has 0 rings (SSSR count). The number of hydrogen-bond acceptors (Lipinski definition) is 2. The van der Waals surface area contributed by atoms with Gasteiger partial charge in [0.25, 0.3) is 0 Å². The van der Waals surface area contributed by atoms with Crippen LogP contribution in [0.3, 0.4) is 0 Å². The van der Waals surface area contributed by atoms with Gasteiger partial charge < -0.3 is 10.2 Å². The molecule has 4 heteroatoms. The normalized spacial score (nSPS) is 10.5. The van der Waals surface area contributed by atoms with Crippen LogP contribution in [0.25, 0.3) is 0 Å². The lowest BCUT2D eigenvalue weighted by Crippen LogP contribution is -2.23. The molecule has 0 atom stereocenters. The van der Waals surface area contributed by atoms with Crippen LogP contribution in [0.2, 0.25) is 0 Å². The summed E-state index contributed by atoms with van der Waals surface area (Å²) in [7, 11) is 0. The Balaban J connectivity index is 3.41. The summed E-state index contributed by atoms with van der Waals surface area (Å²) in [6.07, 6.45) is 10.6. The van der Waals surface area contributed by atoms with E-state index in [-0.39, 0.29) is 6.42 Å². The number of allylic oxidation sites excluding steroid dienone is 1. The molecular formula is C14H24O4. The SMILES string of the molecule is C=CCCCCCCCCCC(C(=O)O)C(=O)O. The monoisotopic (exact) mass is 256 g/mol. The van der Waals surface area contributed by atoms with Gasteiger partial charge in [-0.2, -0.15) is 0 Å². The average Bonchev–Trinajstić information content (AvgIpc) is 2.30. The van der Waals surface area contributed by atoms with Gasteiger partial charge in [-0.15, -0.1) is 6.58 Å². The molecule has 0 heterocycles. The van der Waals surface area contributed by atoms with Gasteiger partial charge in [0.15, 0.2) is 5.92 Å². The van der Waals surface area contributed by atoms with Crippen LogP contribution in [0.5, 0.6) is 0 Å². The second kappa shape index (κ2) is 10.8. The molecule has 0 aromatic carbocycles. The van der Waals surface area contributed by atoms with Gasteiger partial charge in [-0.3, -0.25) is 9.59 Å². The van der Waals surface area contributed by atoms with Crippen molar-refractivity contribution in [3.63, 3.8) is 0 Å². The highest BCUT2D eigenvalue weighted by Gasteiger charge is 2.24. The molecule has 0 spiro atoms. The standard InChI is InChI=1S/C14H24O4/c1-2-3-4-5-6-7-8-9-10-11-12(13(15)16)14(17)18/h2,12H,1,3-11H2,(H,15,16)(H,17,18). The summed E-state index contributed by atoms with van der Waals surface area (Å²) in [5.41, 5.74) is 0. The van der Waals surface area contributed by atoms with Gasteiger partial charge in [0.05, 0.1) is 0 Å². The van der Waals surface area contributed by atoms with Crippen LogP contribution in [-0.4, -0.2) is 22.2 Å². The van der Waals surface area contributed by atoms with Crippen LogP contribution in [0.15, 0.2) is 12.7 Å². The number of carboxylic acids is 2. The van der Waals surface area contributed by atoms with Gasteiger partial charge in [0.1, 0.15) is 0 Å². The molecule has 0 saturated heterocycles. The Labute approximate surface area is 109 Å². The Morgan fingerprint density at radius 1 is 0.889 bits per heavy atom. The van der Waals surface area contributed by atoms with Crippen molar-refractivity contribution in [1.29, 1.82) is 0 Å². The van der Waals surface area contributed by atoms with E-state index in [4.69, 9.17) is 10.2 Å². The molecule has 0 aliphatic rings. The fourth-order valence-electron chi connectivity index (χ4n) is 1.87. The van der Waals surface area contributed by atoms with Crippen molar-refractivity contribution in [2.24, 2.45) is 5.92 Å². The maximum atomic E-state index is 10.6. The lowest BCUT2D eigenvalue weighted by molar-refractivity contribution is -0.154. The molecule has 0 bridgehead atoms. The van der Waals surface area contributed by atoms with Crippen LogP contribution < -0.4 is 0 Å². The van der Waals surface area contributed by atoms with E-state index in [0.29, 0.717) is 6.42 Å². The summed E-state index contributed by atoms with van der Waals surface area (Å²) in [6, 6.07) is 0. The Morgan fingerprint density at radius 3 is 1.78 bits per heavy atom. The number of aliphatic carboxylic acids is 2. The molecule has 0 aliphatic carbocycles. The van der Waals surface area contributed by atoms with E-state index >= 15 is 0 Å². The summed E-state index contributed by atoms with van der Waals surface area (Å²) in [5, 5.41) is 17.4. The van der Waals surface area contributed by atoms with E-state index in [0.717, 1.165) is 25.7 Å². The van der Waals surface area contributed by atoms with Crippen molar-refractivity contribution in [3.8, 4) is 0 Å². The zero-order valence-electron chi connectivity index (χ0n) is 10.9. The summed E-state index contributed by atoms with van der Waals surface area (Å²) >= 11 is 0. The molecule has 0 amide bonds. The van der Waals surface area contributed by atoms with Crippen LogP contribution in [0, 0.1) is 5.92 Å². The molecular weight excluding hydrogens is 232 g/mol. The Hall–Kier alpha value is -1.32. The number of carboxylic acid groups (broad SMARTS) is 2. The van der Waals surface area contributed by atoms with E-state index in [2.05, 4.69) is 6.58 Å². The van der Waals surface area contributed by atoms with E-state index in [9.17, 15) is 9.59 Å². The maximum absolute atomic E-state index is 10.6. The first-order valence-corrected chi connectivity index (χ1v) is 6.66. The second-order valence-corrected chi connectivity index (χ2v) is 4.57. The first-order chi connectivity index (χ1) is 8.59. The van der Waals surface area contributed by atoms with Crippen molar-refractivity contribution in [2.75, 3.05) is 0 Å². The van der Waals surface area contributed by atoms with Gasteiger partial charge in [0, 0.05) is 0 Å². The number of hydrogen-bond donors (Lipinski definition) is 2. The van der Waals surface area contributed by atoms with Crippen LogP contribution in [0.4, 0.5) is 0 Å². The summed E-state index contributed by atoms with van der Waals surface area (Å²) < 4.78 is 0. The first kappa shape index (κ1) is 16.7. The minimum absolute atomic E-state index is 0.237. The van der Waals surface area contributed by atoms with E-state index in [1.54, 1.807) is 0 Å². The Kier molecular flexibility index (Phi) is 10.0. The van der Waals surface area contributed by atoms with Gasteiger partial charge >= 0.3 is 11.9 Å². The van der Waals surface area contributed by atoms with E-state index in [1.165, 1.54) is 19.3 Å². The molecule has 0 aliphatic heterocycles. The minimum Gasteiger partial charge on any atom is -0.481 e. The lowest BCUT2D eigenvalue weighted by atomic mass is 10.0. The van der Waals surface area contributed by atoms with Gasteiger partial charge in [-0.25, -0.2) is 0 Å². The molecule has 0 unspecified atom stereocenters. The molecule has 0 saturated carbocycles. The smallest absolute Gasteiger partial charge is 0.317 e. The van der Waals surface area contributed by atoms with Crippen LogP contribution >= 0.6 is 0 Å². The highest BCUT2D eigenvalue weighted by molar-refractivity contribution is 5.92. The van der Waals surface area contributed by atoms with Gasteiger partial charge in [-0.05, 0) is 19.3 Å². The third-order valence-corrected chi connectivity index (χ3v) is 3.00. The maximum Gasteiger partial charge on any atom is 0.317 e. The van der Waals surface area contributed by atoms with Gasteiger partial charge in [0.2, 0.25) is 0 Å². The topological polar surface area (TPSA) is 74.6 Å². The molecule has 0 radical (unpaired) electrons. The van der Waals surface area contributed by atoms with E-state index in [1.807, 2.05) is 6.08 Å². The third-order valence-electron chi connectivity index (χ3n) is 3.00. The summed E-state index contributed by atoms with van der Waals surface area (Å²) in [6.45, 7) is 3.67. The molecule has 4 nitrogen and oxygen atoms in total. The first-order valence-electron chi connectivity index (χ1n) is 6.66.